The second-order valence-corrected chi connectivity index (χ2v) is 6.71. The minimum atomic E-state index is 0. The number of carbonyl (C=O) groups is 1. The number of nitrogens with zero attached hydrogens (tertiary/aromatic N) is 1. The smallest absolute Gasteiger partial charge is 0.254 e. The lowest BCUT2D eigenvalue weighted by Gasteiger charge is -2.19. The Morgan fingerprint density at radius 2 is 1.58 bits per heavy atom. The number of hydrogen-bond donors (Lipinski definition) is 1. The Balaban J connectivity index is 0.00000169. The summed E-state index contributed by atoms with van der Waals surface area (Å²) in [6, 6.07) is 18.4. The van der Waals surface area contributed by atoms with Crippen LogP contribution in [0.1, 0.15) is 21.5 Å². The molecule has 0 unspecified atom stereocenters. The SMILES string of the molecule is Cl.O=C(c1ccccc1Cc1ccccc1)N1C[C@H]2CNC[C@H]2C1. The number of nitrogens with one attached hydrogen (secondary N) is 1. The van der Waals surface area contributed by atoms with Gasteiger partial charge in [-0.3, -0.25) is 4.79 Å². The van der Waals surface area contributed by atoms with E-state index in [-0.39, 0.29) is 18.3 Å². The largest absolute Gasteiger partial charge is 0.338 e. The maximum absolute atomic E-state index is 13.0. The predicted octanol–water partition coefficient (Wildman–Crippen LogP) is 2.99. The molecule has 126 valence electrons. The van der Waals surface area contributed by atoms with E-state index in [1.165, 1.54) is 5.56 Å². The lowest BCUT2D eigenvalue weighted by atomic mass is 9.99. The van der Waals surface area contributed by atoms with Gasteiger partial charge in [0.25, 0.3) is 5.91 Å². The molecule has 4 rings (SSSR count). The lowest BCUT2D eigenvalue weighted by molar-refractivity contribution is 0.0781. The van der Waals surface area contributed by atoms with Gasteiger partial charge >= 0.3 is 0 Å². The zero-order chi connectivity index (χ0) is 15.6. The molecule has 1 amide bonds. The first-order valence-electron chi connectivity index (χ1n) is 8.43. The van der Waals surface area contributed by atoms with E-state index >= 15 is 0 Å². The molecule has 2 fully saturated rings. The molecule has 0 saturated carbocycles. The van der Waals surface area contributed by atoms with Crippen molar-refractivity contribution < 1.29 is 4.79 Å². The highest BCUT2D eigenvalue weighted by Crippen LogP contribution is 2.28. The standard InChI is InChI=1S/C20H22N2O.ClH/c23-20(22-13-17-11-21-12-18(17)14-22)19-9-5-4-8-16(19)10-15-6-2-1-3-7-15;/h1-9,17-18,21H,10-14H2;1H/t17-,18+;. The number of rotatable bonds is 3. The van der Waals surface area contributed by atoms with Gasteiger partial charge in [0.2, 0.25) is 0 Å². The molecule has 2 aromatic rings. The van der Waals surface area contributed by atoms with Crippen LogP contribution in [0, 0.1) is 11.8 Å². The summed E-state index contributed by atoms with van der Waals surface area (Å²) in [4.78, 5) is 15.1. The van der Waals surface area contributed by atoms with Gasteiger partial charge in [0.1, 0.15) is 0 Å². The third-order valence-corrected chi connectivity index (χ3v) is 5.16. The summed E-state index contributed by atoms with van der Waals surface area (Å²) in [5, 5.41) is 3.43. The van der Waals surface area contributed by atoms with Gasteiger partial charge in [-0.2, -0.15) is 0 Å². The fourth-order valence-corrected chi connectivity index (χ4v) is 3.89. The first kappa shape index (κ1) is 17.0. The van der Waals surface area contributed by atoms with E-state index in [2.05, 4.69) is 40.5 Å². The van der Waals surface area contributed by atoms with Crippen molar-refractivity contribution in [2.75, 3.05) is 26.2 Å². The summed E-state index contributed by atoms with van der Waals surface area (Å²) in [5.74, 6) is 1.48. The molecule has 0 aliphatic carbocycles. The van der Waals surface area contributed by atoms with Crippen LogP contribution in [0.25, 0.3) is 0 Å². The number of fused-ring (bicyclic) bond motifs is 1. The molecule has 2 heterocycles. The summed E-state index contributed by atoms with van der Waals surface area (Å²) in [6.07, 6.45) is 0.811. The number of amides is 1. The summed E-state index contributed by atoms with van der Waals surface area (Å²) in [5.41, 5.74) is 3.23. The van der Waals surface area contributed by atoms with Gasteiger partial charge in [-0.25, -0.2) is 0 Å². The second-order valence-electron chi connectivity index (χ2n) is 6.71. The molecule has 1 N–H and O–H groups in total. The highest BCUT2D eigenvalue weighted by atomic mass is 35.5. The average Bonchev–Trinajstić information content (AvgIpc) is 3.17. The van der Waals surface area contributed by atoms with Crippen molar-refractivity contribution in [2.24, 2.45) is 11.8 Å². The third-order valence-electron chi connectivity index (χ3n) is 5.16. The molecule has 24 heavy (non-hydrogen) atoms. The van der Waals surface area contributed by atoms with Crippen LogP contribution in [0.3, 0.4) is 0 Å². The van der Waals surface area contributed by atoms with E-state index in [4.69, 9.17) is 0 Å². The molecule has 2 aliphatic heterocycles. The number of hydrogen-bond acceptors (Lipinski definition) is 2. The number of likely N-dealkylation sites (tertiary alicyclic amines) is 1. The first-order chi connectivity index (χ1) is 11.3. The Bertz CT molecular complexity index is 692. The van der Waals surface area contributed by atoms with Gasteiger partial charge in [-0.1, -0.05) is 48.5 Å². The highest BCUT2D eigenvalue weighted by molar-refractivity contribution is 5.96. The van der Waals surface area contributed by atoms with E-state index in [0.29, 0.717) is 11.8 Å². The molecule has 2 aromatic carbocycles. The molecule has 2 aliphatic rings. The maximum Gasteiger partial charge on any atom is 0.254 e. The molecule has 0 spiro atoms. The van der Waals surface area contributed by atoms with Crippen LogP contribution in [0.2, 0.25) is 0 Å². The highest BCUT2D eigenvalue weighted by Gasteiger charge is 2.38. The van der Waals surface area contributed by atoms with Crippen LogP contribution in [-0.2, 0) is 6.42 Å². The van der Waals surface area contributed by atoms with Crippen molar-refractivity contribution in [3.8, 4) is 0 Å². The number of benzene rings is 2. The molecule has 0 bridgehead atoms. The van der Waals surface area contributed by atoms with E-state index in [9.17, 15) is 4.79 Å². The van der Waals surface area contributed by atoms with Crippen molar-refractivity contribution in [2.45, 2.75) is 6.42 Å². The zero-order valence-corrected chi connectivity index (χ0v) is 14.5. The Morgan fingerprint density at radius 1 is 0.958 bits per heavy atom. The molecular weight excluding hydrogens is 320 g/mol. The molecule has 0 aromatic heterocycles. The molecule has 2 saturated heterocycles. The Labute approximate surface area is 149 Å². The summed E-state index contributed by atoms with van der Waals surface area (Å²) in [6.45, 7) is 3.91. The Kier molecular flexibility index (Phi) is 5.22. The fourth-order valence-electron chi connectivity index (χ4n) is 3.89. The topological polar surface area (TPSA) is 32.3 Å². The third kappa shape index (κ3) is 3.33. The average molecular weight is 343 g/mol. The van der Waals surface area contributed by atoms with Crippen LogP contribution in [0.15, 0.2) is 54.6 Å². The van der Waals surface area contributed by atoms with Gasteiger partial charge in [-0.15, -0.1) is 12.4 Å². The van der Waals surface area contributed by atoms with Gasteiger partial charge in [0.05, 0.1) is 0 Å². The number of carbonyl (C=O) groups excluding carboxylic acids is 1. The quantitative estimate of drug-likeness (QED) is 0.930. The van der Waals surface area contributed by atoms with E-state index in [1.54, 1.807) is 0 Å². The van der Waals surface area contributed by atoms with Gasteiger partial charge in [0, 0.05) is 31.7 Å². The van der Waals surface area contributed by atoms with Gasteiger partial charge in [0.15, 0.2) is 0 Å². The van der Waals surface area contributed by atoms with Crippen molar-refractivity contribution in [1.82, 2.24) is 10.2 Å². The van der Waals surface area contributed by atoms with Crippen molar-refractivity contribution >= 4 is 18.3 Å². The fraction of sp³-hybridized carbons (Fsp3) is 0.350. The first-order valence-corrected chi connectivity index (χ1v) is 8.43. The summed E-state index contributed by atoms with van der Waals surface area (Å²) in [7, 11) is 0. The minimum absolute atomic E-state index is 0. The molecule has 4 heteroatoms. The van der Waals surface area contributed by atoms with Crippen LogP contribution < -0.4 is 5.32 Å². The van der Waals surface area contributed by atoms with Crippen LogP contribution in [0.4, 0.5) is 0 Å². The van der Waals surface area contributed by atoms with E-state index < -0.39 is 0 Å². The Morgan fingerprint density at radius 3 is 2.29 bits per heavy atom. The van der Waals surface area contributed by atoms with Crippen LogP contribution >= 0.6 is 12.4 Å². The molecule has 2 atom stereocenters. The molecular formula is C20H23ClN2O. The summed E-state index contributed by atoms with van der Waals surface area (Å²) < 4.78 is 0. The van der Waals surface area contributed by atoms with E-state index in [1.807, 2.05) is 24.3 Å². The normalized spacial score (nSPS) is 22.1. The number of halogens is 1. The molecule has 0 radical (unpaired) electrons. The van der Waals surface area contributed by atoms with Crippen molar-refractivity contribution in [3.63, 3.8) is 0 Å². The predicted molar refractivity (Wildman–Crippen MR) is 98.7 cm³/mol. The van der Waals surface area contributed by atoms with Crippen LogP contribution in [0.5, 0.6) is 0 Å². The van der Waals surface area contributed by atoms with Gasteiger partial charge < -0.3 is 10.2 Å². The Hall–Kier alpha value is -1.84. The second kappa shape index (κ2) is 7.37. The lowest BCUT2D eigenvalue weighted by Crippen LogP contribution is -2.32. The van der Waals surface area contributed by atoms with Crippen molar-refractivity contribution in [1.29, 1.82) is 0 Å². The maximum atomic E-state index is 13.0. The zero-order valence-electron chi connectivity index (χ0n) is 13.7. The summed E-state index contributed by atoms with van der Waals surface area (Å²) >= 11 is 0. The van der Waals surface area contributed by atoms with Crippen LogP contribution in [-0.4, -0.2) is 37.0 Å². The monoisotopic (exact) mass is 342 g/mol. The van der Waals surface area contributed by atoms with E-state index in [0.717, 1.165) is 43.7 Å². The van der Waals surface area contributed by atoms with Crippen molar-refractivity contribution in [3.05, 3.63) is 71.3 Å². The minimum Gasteiger partial charge on any atom is -0.338 e. The van der Waals surface area contributed by atoms with Gasteiger partial charge in [-0.05, 0) is 35.4 Å². The molecule has 3 nitrogen and oxygen atoms in total.